The van der Waals surface area contributed by atoms with Gasteiger partial charge in [-0.1, -0.05) is 84.4 Å². The molecule has 2 N–H and O–H groups in total. The van der Waals surface area contributed by atoms with Crippen molar-refractivity contribution < 1.29 is 9.90 Å². The molecule has 0 heterocycles. The summed E-state index contributed by atoms with van der Waals surface area (Å²) in [7, 11) is 1.93. The van der Waals surface area contributed by atoms with Crippen molar-refractivity contribution in [3.05, 3.63) is 101 Å². The van der Waals surface area contributed by atoms with E-state index in [0.717, 1.165) is 12.0 Å². The lowest BCUT2D eigenvalue weighted by atomic mass is 10.0. The molecule has 1 unspecified atom stereocenters. The third-order valence-corrected chi connectivity index (χ3v) is 6.57. The molecule has 0 aliphatic heterocycles. The zero-order chi connectivity index (χ0) is 23.2. The second-order valence-corrected chi connectivity index (χ2v) is 8.72. The fourth-order valence-electron chi connectivity index (χ4n) is 4.45. The molecule has 3 aromatic rings. The first kappa shape index (κ1) is 23.2. The zero-order valence-electron chi connectivity index (χ0n) is 18.8. The van der Waals surface area contributed by atoms with Crippen molar-refractivity contribution in [1.29, 1.82) is 0 Å². The first-order valence-electron chi connectivity index (χ1n) is 11.3. The van der Waals surface area contributed by atoms with E-state index in [1.807, 2.05) is 36.2 Å². The number of hydrogen-bond donors (Lipinski definition) is 2. The van der Waals surface area contributed by atoms with Crippen molar-refractivity contribution in [1.82, 2.24) is 10.2 Å². The van der Waals surface area contributed by atoms with Gasteiger partial charge in [-0.3, -0.25) is 9.69 Å². The molecule has 0 fully saturated rings. The van der Waals surface area contributed by atoms with Crippen LogP contribution in [-0.4, -0.2) is 42.2 Å². The quantitative estimate of drug-likeness (QED) is 0.363. The Kier molecular flexibility index (Phi) is 7.61. The van der Waals surface area contributed by atoms with E-state index < -0.39 is 6.04 Å². The second-order valence-electron chi connectivity index (χ2n) is 8.32. The minimum atomic E-state index is -0.404. The predicted molar refractivity (Wildman–Crippen MR) is 135 cm³/mol. The molecule has 3 aromatic carbocycles. The van der Waals surface area contributed by atoms with Gasteiger partial charge >= 0.3 is 0 Å². The minimum absolute atomic E-state index is 0.0453. The van der Waals surface area contributed by atoms with E-state index in [0.29, 0.717) is 24.5 Å². The molecule has 1 amide bonds. The number of rotatable bonds is 9. The summed E-state index contributed by atoms with van der Waals surface area (Å²) in [6, 6.07) is 24.1. The Morgan fingerprint density at radius 3 is 2.15 bits per heavy atom. The van der Waals surface area contributed by atoms with Gasteiger partial charge in [0.1, 0.15) is 0 Å². The van der Waals surface area contributed by atoms with Gasteiger partial charge in [0, 0.05) is 24.7 Å². The highest BCUT2D eigenvalue weighted by molar-refractivity contribution is 6.31. The van der Waals surface area contributed by atoms with Gasteiger partial charge in [-0.25, -0.2) is 0 Å². The predicted octanol–water partition coefficient (Wildman–Crippen LogP) is 5.14. The van der Waals surface area contributed by atoms with E-state index >= 15 is 0 Å². The molecule has 0 radical (unpaired) electrons. The maximum Gasteiger partial charge on any atom is 0.237 e. The van der Waals surface area contributed by atoms with Gasteiger partial charge in [-0.2, -0.15) is 0 Å². The number of hydrogen-bond acceptors (Lipinski definition) is 3. The minimum Gasteiger partial charge on any atom is -0.396 e. The SMILES string of the molecule is CN(CCC=C1c2ccccc2-c2ccccc21)C(CCO)C(=O)NCc1ccccc1Cl. The number of halogens is 1. The van der Waals surface area contributed by atoms with E-state index in [2.05, 4.69) is 59.9 Å². The number of nitrogens with zero attached hydrogens (tertiary/aromatic N) is 1. The number of amides is 1. The Labute approximate surface area is 200 Å². The Hall–Kier alpha value is -2.92. The number of aliphatic hydroxyl groups is 1. The molecule has 0 aromatic heterocycles. The summed E-state index contributed by atoms with van der Waals surface area (Å²) in [5.41, 5.74) is 7.17. The fourth-order valence-corrected chi connectivity index (χ4v) is 4.66. The third-order valence-electron chi connectivity index (χ3n) is 6.20. The van der Waals surface area contributed by atoms with Crippen LogP contribution in [0, 0.1) is 0 Å². The topological polar surface area (TPSA) is 52.6 Å². The van der Waals surface area contributed by atoms with Crippen LogP contribution >= 0.6 is 11.6 Å². The molecule has 0 bridgehead atoms. The van der Waals surface area contributed by atoms with Gasteiger partial charge in [0.15, 0.2) is 0 Å². The first-order valence-corrected chi connectivity index (χ1v) is 11.7. The van der Waals surface area contributed by atoms with E-state index in [1.54, 1.807) is 0 Å². The van der Waals surface area contributed by atoms with Crippen LogP contribution in [0.4, 0.5) is 0 Å². The lowest BCUT2D eigenvalue weighted by molar-refractivity contribution is -0.126. The van der Waals surface area contributed by atoms with E-state index in [9.17, 15) is 9.90 Å². The first-order chi connectivity index (χ1) is 16.1. The lowest BCUT2D eigenvalue weighted by Gasteiger charge is -2.26. The average Bonchev–Trinajstić information content (AvgIpc) is 3.15. The highest BCUT2D eigenvalue weighted by Gasteiger charge is 2.24. The number of likely N-dealkylation sites (N-methyl/N-ethyl adjacent to an activating group) is 1. The number of fused-ring (bicyclic) bond motifs is 3. The van der Waals surface area contributed by atoms with Crippen LogP contribution in [0.5, 0.6) is 0 Å². The van der Waals surface area contributed by atoms with Crippen LogP contribution in [0.2, 0.25) is 5.02 Å². The van der Waals surface area contributed by atoms with Crippen molar-refractivity contribution in [2.24, 2.45) is 0 Å². The number of aliphatic hydroxyl groups excluding tert-OH is 1. The number of benzene rings is 3. The van der Waals surface area contributed by atoms with Crippen LogP contribution in [0.15, 0.2) is 78.9 Å². The zero-order valence-corrected chi connectivity index (χ0v) is 19.6. The average molecular weight is 461 g/mol. The summed E-state index contributed by atoms with van der Waals surface area (Å²) >= 11 is 6.21. The Morgan fingerprint density at radius 1 is 0.970 bits per heavy atom. The Morgan fingerprint density at radius 2 is 1.55 bits per heavy atom. The van der Waals surface area contributed by atoms with E-state index in [-0.39, 0.29) is 12.5 Å². The standard InChI is InChI=1S/C28H29ClN2O2/c1-31(27(16-18-32)28(33)30-19-20-9-2-7-15-26(20)29)17-8-14-25-23-12-5-3-10-21(23)22-11-4-6-13-24(22)25/h2-7,9-15,27,32H,8,16-19H2,1H3,(H,30,33). The smallest absolute Gasteiger partial charge is 0.237 e. The van der Waals surface area contributed by atoms with Crippen LogP contribution in [0.1, 0.15) is 29.5 Å². The molecule has 4 nitrogen and oxygen atoms in total. The Bertz CT molecular complexity index is 1110. The van der Waals surface area contributed by atoms with Crippen molar-refractivity contribution >= 4 is 23.1 Å². The third kappa shape index (κ3) is 5.19. The molecule has 0 saturated heterocycles. The maximum atomic E-state index is 12.9. The molecule has 4 rings (SSSR count). The van der Waals surface area contributed by atoms with Crippen molar-refractivity contribution in [3.63, 3.8) is 0 Å². The van der Waals surface area contributed by atoms with Crippen molar-refractivity contribution in [3.8, 4) is 11.1 Å². The highest BCUT2D eigenvalue weighted by atomic mass is 35.5. The Balaban J connectivity index is 1.42. The normalized spacial score (nSPS) is 12.9. The summed E-state index contributed by atoms with van der Waals surface area (Å²) in [4.78, 5) is 14.9. The number of carbonyl (C=O) groups is 1. The monoisotopic (exact) mass is 460 g/mol. The van der Waals surface area contributed by atoms with Crippen LogP contribution < -0.4 is 5.32 Å². The summed E-state index contributed by atoms with van der Waals surface area (Å²) in [6.07, 6.45) is 3.44. The lowest BCUT2D eigenvalue weighted by Crippen LogP contribution is -2.45. The summed E-state index contributed by atoms with van der Waals surface area (Å²) in [5.74, 6) is -0.101. The van der Waals surface area contributed by atoms with Crippen molar-refractivity contribution in [2.45, 2.75) is 25.4 Å². The summed E-state index contributed by atoms with van der Waals surface area (Å²) < 4.78 is 0. The van der Waals surface area contributed by atoms with Gasteiger partial charge in [0.2, 0.25) is 5.91 Å². The van der Waals surface area contributed by atoms with E-state index in [4.69, 9.17) is 11.6 Å². The molecule has 33 heavy (non-hydrogen) atoms. The summed E-state index contributed by atoms with van der Waals surface area (Å²) in [6.45, 7) is 1.03. The molecule has 0 spiro atoms. The molecule has 0 saturated carbocycles. The van der Waals surface area contributed by atoms with Crippen LogP contribution in [0.25, 0.3) is 16.7 Å². The fraction of sp³-hybridized carbons (Fsp3) is 0.250. The van der Waals surface area contributed by atoms with Crippen molar-refractivity contribution in [2.75, 3.05) is 20.2 Å². The van der Waals surface area contributed by atoms with Gasteiger partial charge in [-0.15, -0.1) is 0 Å². The number of nitrogens with one attached hydrogen (secondary N) is 1. The molecular formula is C28H29ClN2O2. The second kappa shape index (κ2) is 10.8. The molecular weight excluding hydrogens is 432 g/mol. The summed E-state index contributed by atoms with van der Waals surface area (Å²) in [5, 5.41) is 13.1. The molecule has 1 aliphatic rings. The van der Waals surface area contributed by atoms with E-state index in [1.165, 1.54) is 27.8 Å². The van der Waals surface area contributed by atoms with Gasteiger partial charge < -0.3 is 10.4 Å². The van der Waals surface area contributed by atoms with Gasteiger partial charge in [-0.05, 0) is 59.3 Å². The number of carbonyl (C=O) groups excluding carboxylic acids is 1. The largest absolute Gasteiger partial charge is 0.396 e. The van der Waals surface area contributed by atoms with Crippen LogP contribution in [-0.2, 0) is 11.3 Å². The molecule has 1 atom stereocenters. The molecule has 5 heteroatoms. The molecule has 1 aliphatic carbocycles. The maximum absolute atomic E-state index is 12.9. The van der Waals surface area contributed by atoms with Gasteiger partial charge in [0.25, 0.3) is 0 Å². The van der Waals surface area contributed by atoms with Gasteiger partial charge in [0.05, 0.1) is 6.04 Å². The van der Waals surface area contributed by atoms with Crippen LogP contribution in [0.3, 0.4) is 0 Å². The molecule has 170 valence electrons. The highest BCUT2D eigenvalue weighted by Crippen LogP contribution is 2.43.